The van der Waals surface area contributed by atoms with E-state index >= 15 is 0 Å². The van der Waals surface area contributed by atoms with Gasteiger partial charge in [-0.25, -0.2) is 0 Å². The molecule has 0 aromatic heterocycles. The molecule has 1 heterocycles. The minimum absolute atomic E-state index is 0. The molecule has 0 spiro atoms. The van der Waals surface area contributed by atoms with Crippen LogP contribution in [-0.4, -0.2) is 67.9 Å². The van der Waals surface area contributed by atoms with Gasteiger partial charge in [0.25, 0.3) is 0 Å². The van der Waals surface area contributed by atoms with E-state index in [0.29, 0.717) is 5.92 Å². The smallest absolute Gasteiger partial charge is 0.241 e. The third-order valence-corrected chi connectivity index (χ3v) is 4.05. The summed E-state index contributed by atoms with van der Waals surface area (Å²) in [5.74, 6) is 0.389. The average molecular weight is 371 g/mol. The van der Waals surface area contributed by atoms with Gasteiger partial charge in [-0.3, -0.25) is 9.59 Å². The van der Waals surface area contributed by atoms with Crippen LogP contribution in [-0.2, 0) is 9.59 Å². The number of unbranched alkanes of at least 4 members (excludes halogenated alkanes) is 1. The molecule has 0 bridgehead atoms. The van der Waals surface area contributed by atoms with Gasteiger partial charge in [0.15, 0.2) is 0 Å². The lowest BCUT2D eigenvalue weighted by Crippen LogP contribution is -2.46. The minimum atomic E-state index is -0.282. The van der Waals surface area contributed by atoms with Gasteiger partial charge in [-0.05, 0) is 38.8 Å². The van der Waals surface area contributed by atoms with Crippen molar-refractivity contribution in [1.29, 1.82) is 0 Å². The fourth-order valence-corrected chi connectivity index (χ4v) is 2.68. The average Bonchev–Trinajstić information content (AvgIpc) is 2.50. The van der Waals surface area contributed by atoms with Gasteiger partial charge in [0.05, 0.1) is 13.1 Å². The number of amides is 2. The Kier molecular flexibility index (Phi) is 14.9. The molecule has 1 saturated heterocycles. The van der Waals surface area contributed by atoms with Crippen molar-refractivity contribution in [3.63, 3.8) is 0 Å². The molecule has 6 nitrogen and oxygen atoms in total. The molecule has 0 atom stereocenters. The summed E-state index contributed by atoms with van der Waals surface area (Å²) in [4.78, 5) is 27.2. The minimum Gasteiger partial charge on any atom is -0.346 e. The van der Waals surface area contributed by atoms with E-state index in [2.05, 4.69) is 24.2 Å². The molecule has 8 heteroatoms. The number of carbonyl (C=O) groups is 2. The maximum absolute atomic E-state index is 11.9. The molecular formula is C15H32Cl2N4O2. The third-order valence-electron chi connectivity index (χ3n) is 4.05. The highest BCUT2D eigenvalue weighted by Crippen LogP contribution is 2.18. The Morgan fingerprint density at radius 1 is 1.26 bits per heavy atom. The van der Waals surface area contributed by atoms with Gasteiger partial charge in [0.1, 0.15) is 0 Å². The number of piperidine rings is 1. The number of rotatable bonds is 8. The Balaban J connectivity index is 0. The lowest BCUT2D eigenvalue weighted by molar-refractivity contribution is -0.133. The molecule has 0 aromatic rings. The van der Waals surface area contributed by atoms with Crippen LogP contribution in [0.2, 0.25) is 0 Å². The monoisotopic (exact) mass is 370 g/mol. The Hall–Kier alpha value is -0.560. The SMILES string of the molecule is CCCCN(C)CC1CCN(C(=O)CNC(=O)CN)CC1.Cl.Cl. The van der Waals surface area contributed by atoms with Gasteiger partial charge >= 0.3 is 0 Å². The zero-order valence-corrected chi connectivity index (χ0v) is 15.9. The predicted octanol–water partition coefficient (Wildman–Crippen LogP) is 0.875. The van der Waals surface area contributed by atoms with Crippen molar-refractivity contribution in [1.82, 2.24) is 15.1 Å². The Bertz CT molecular complexity index is 337. The van der Waals surface area contributed by atoms with Gasteiger partial charge < -0.3 is 20.9 Å². The number of carbonyl (C=O) groups excluding carboxylic acids is 2. The first kappa shape index (κ1) is 24.7. The summed E-state index contributed by atoms with van der Waals surface area (Å²) in [7, 11) is 2.18. The molecule has 23 heavy (non-hydrogen) atoms. The lowest BCUT2D eigenvalue weighted by atomic mass is 9.96. The summed E-state index contributed by atoms with van der Waals surface area (Å²) in [6, 6.07) is 0. The van der Waals surface area contributed by atoms with Crippen LogP contribution in [0.15, 0.2) is 0 Å². The summed E-state index contributed by atoms with van der Waals surface area (Å²) in [6.45, 7) is 6.07. The van der Waals surface area contributed by atoms with Crippen LogP contribution in [0.5, 0.6) is 0 Å². The number of nitrogens with zero attached hydrogens (tertiary/aromatic N) is 2. The number of likely N-dealkylation sites (tertiary alicyclic amines) is 1. The largest absolute Gasteiger partial charge is 0.346 e. The van der Waals surface area contributed by atoms with Crippen LogP contribution >= 0.6 is 24.8 Å². The van der Waals surface area contributed by atoms with E-state index in [0.717, 1.165) is 39.0 Å². The van der Waals surface area contributed by atoms with Gasteiger partial charge in [-0.1, -0.05) is 13.3 Å². The third kappa shape index (κ3) is 10.0. The molecule has 1 fully saturated rings. The van der Waals surface area contributed by atoms with Gasteiger partial charge in [0, 0.05) is 19.6 Å². The topological polar surface area (TPSA) is 78.7 Å². The first-order valence-electron chi connectivity index (χ1n) is 7.99. The second kappa shape index (κ2) is 13.8. The molecule has 1 aliphatic heterocycles. The number of hydrogen-bond donors (Lipinski definition) is 2. The summed E-state index contributed by atoms with van der Waals surface area (Å²) < 4.78 is 0. The fraction of sp³-hybridized carbons (Fsp3) is 0.867. The molecular weight excluding hydrogens is 339 g/mol. The van der Waals surface area contributed by atoms with Crippen molar-refractivity contribution in [3.8, 4) is 0 Å². The molecule has 1 aliphatic rings. The standard InChI is InChI=1S/C15H30N4O2.2ClH/c1-3-4-7-18(2)12-13-5-8-19(9-6-13)15(21)11-17-14(20)10-16;;/h13H,3-12,16H2,1-2H3,(H,17,20);2*1H. The van der Waals surface area contributed by atoms with E-state index in [1.807, 2.05) is 4.90 Å². The zero-order valence-electron chi connectivity index (χ0n) is 14.3. The van der Waals surface area contributed by atoms with Gasteiger partial charge in [-0.15, -0.1) is 24.8 Å². The van der Waals surface area contributed by atoms with E-state index in [9.17, 15) is 9.59 Å². The summed E-state index contributed by atoms with van der Waals surface area (Å²) in [5, 5.41) is 2.53. The molecule has 138 valence electrons. The number of hydrogen-bond acceptors (Lipinski definition) is 4. The van der Waals surface area contributed by atoms with Crippen molar-refractivity contribution >= 4 is 36.6 Å². The highest BCUT2D eigenvalue weighted by atomic mass is 35.5. The van der Waals surface area contributed by atoms with E-state index in [1.165, 1.54) is 12.8 Å². The van der Waals surface area contributed by atoms with Crippen LogP contribution in [0.25, 0.3) is 0 Å². The van der Waals surface area contributed by atoms with Crippen molar-refractivity contribution in [3.05, 3.63) is 0 Å². The molecule has 0 aromatic carbocycles. The maximum atomic E-state index is 11.9. The Labute approximate surface area is 152 Å². The normalized spacial score (nSPS) is 14.9. The fourth-order valence-electron chi connectivity index (χ4n) is 2.68. The number of halogens is 2. The van der Waals surface area contributed by atoms with E-state index in [4.69, 9.17) is 5.73 Å². The number of nitrogens with one attached hydrogen (secondary N) is 1. The van der Waals surface area contributed by atoms with Crippen molar-refractivity contribution < 1.29 is 9.59 Å². The van der Waals surface area contributed by atoms with Crippen LogP contribution in [0.4, 0.5) is 0 Å². The molecule has 0 radical (unpaired) electrons. The van der Waals surface area contributed by atoms with Gasteiger partial charge in [0.2, 0.25) is 11.8 Å². The second-order valence-electron chi connectivity index (χ2n) is 5.92. The first-order valence-corrected chi connectivity index (χ1v) is 7.99. The maximum Gasteiger partial charge on any atom is 0.241 e. The summed E-state index contributed by atoms with van der Waals surface area (Å²) in [5.41, 5.74) is 5.19. The van der Waals surface area contributed by atoms with E-state index in [1.54, 1.807) is 0 Å². The first-order chi connectivity index (χ1) is 10.1. The van der Waals surface area contributed by atoms with Crippen molar-refractivity contribution in [2.24, 2.45) is 11.7 Å². The summed E-state index contributed by atoms with van der Waals surface area (Å²) in [6.07, 6.45) is 4.57. The predicted molar refractivity (Wildman–Crippen MR) is 98.3 cm³/mol. The van der Waals surface area contributed by atoms with Crippen LogP contribution in [0.1, 0.15) is 32.6 Å². The van der Waals surface area contributed by atoms with Crippen molar-refractivity contribution in [2.75, 3.05) is 46.3 Å². The van der Waals surface area contributed by atoms with Crippen LogP contribution in [0.3, 0.4) is 0 Å². The molecule has 0 unspecified atom stereocenters. The quantitative estimate of drug-likeness (QED) is 0.664. The zero-order chi connectivity index (χ0) is 15.7. The van der Waals surface area contributed by atoms with Crippen molar-refractivity contribution in [2.45, 2.75) is 32.6 Å². The Morgan fingerprint density at radius 2 is 1.87 bits per heavy atom. The Morgan fingerprint density at radius 3 is 2.39 bits per heavy atom. The molecule has 0 saturated carbocycles. The van der Waals surface area contributed by atoms with Gasteiger partial charge in [-0.2, -0.15) is 0 Å². The molecule has 3 N–H and O–H groups in total. The summed E-state index contributed by atoms with van der Waals surface area (Å²) >= 11 is 0. The van der Waals surface area contributed by atoms with Crippen LogP contribution < -0.4 is 11.1 Å². The van der Waals surface area contributed by atoms with E-state index < -0.39 is 0 Å². The highest BCUT2D eigenvalue weighted by molar-refractivity contribution is 5.86. The van der Waals surface area contributed by atoms with E-state index in [-0.39, 0.29) is 49.7 Å². The highest BCUT2D eigenvalue weighted by Gasteiger charge is 2.23. The molecule has 1 rings (SSSR count). The second-order valence-corrected chi connectivity index (χ2v) is 5.92. The molecule has 2 amide bonds. The lowest BCUT2D eigenvalue weighted by Gasteiger charge is -2.34. The van der Waals surface area contributed by atoms with Crippen LogP contribution in [0, 0.1) is 5.92 Å². The molecule has 0 aliphatic carbocycles. The number of nitrogens with two attached hydrogens (primary N) is 1.